The van der Waals surface area contributed by atoms with Gasteiger partial charge in [-0.05, 0) is 30.9 Å². The highest BCUT2D eigenvalue weighted by Crippen LogP contribution is 2.24. The fourth-order valence-electron chi connectivity index (χ4n) is 1.77. The number of rotatable bonds is 5. The van der Waals surface area contributed by atoms with Gasteiger partial charge in [0.25, 0.3) is 0 Å². The van der Waals surface area contributed by atoms with Crippen LogP contribution in [0.5, 0.6) is 0 Å². The number of para-hydroxylation sites is 1. The molecule has 1 aromatic heterocycles. The van der Waals surface area contributed by atoms with Gasteiger partial charge in [-0.3, -0.25) is 9.48 Å². The zero-order chi connectivity index (χ0) is 13.7. The van der Waals surface area contributed by atoms with Gasteiger partial charge in [0.05, 0.1) is 11.9 Å². The Bertz CT molecular complexity index is 565. The van der Waals surface area contributed by atoms with Gasteiger partial charge in [-0.15, -0.1) is 11.8 Å². The molecule has 2 rings (SSSR count). The Morgan fingerprint density at radius 2 is 2.21 bits per heavy atom. The lowest BCUT2D eigenvalue weighted by Crippen LogP contribution is -2.15. The van der Waals surface area contributed by atoms with Crippen molar-refractivity contribution < 1.29 is 4.79 Å². The average Bonchev–Trinajstić information content (AvgIpc) is 2.83. The van der Waals surface area contributed by atoms with Gasteiger partial charge in [-0.2, -0.15) is 5.10 Å². The van der Waals surface area contributed by atoms with Crippen molar-refractivity contribution in [2.45, 2.75) is 24.8 Å². The van der Waals surface area contributed by atoms with E-state index in [1.54, 1.807) is 22.6 Å². The first-order valence-electron chi connectivity index (χ1n) is 6.11. The van der Waals surface area contributed by atoms with Crippen LogP contribution in [-0.2, 0) is 11.3 Å². The van der Waals surface area contributed by atoms with Crippen molar-refractivity contribution in [3.05, 3.63) is 42.2 Å². The number of thioether (sulfide) groups is 1. The molecular weight excluding hydrogens is 258 g/mol. The van der Waals surface area contributed by atoms with Crippen molar-refractivity contribution in [2.24, 2.45) is 0 Å². The van der Waals surface area contributed by atoms with Gasteiger partial charge >= 0.3 is 0 Å². The van der Waals surface area contributed by atoms with E-state index in [9.17, 15) is 4.79 Å². The number of nitrogens with zero attached hydrogens (tertiary/aromatic N) is 2. The van der Waals surface area contributed by atoms with Crippen LogP contribution in [0.15, 0.2) is 41.6 Å². The molecule has 0 aliphatic rings. The van der Waals surface area contributed by atoms with Crippen molar-refractivity contribution in [2.75, 3.05) is 11.6 Å². The second-order valence-electron chi connectivity index (χ2n) is 4.28. The third-order valence-electron chi connectivity index (χ3n) is 2.71. The van der Waals surface area contributed by atoms with E-state index in [2.05, 4.69) is 10.4 Å². The summed E-state index contributed by atoms with van der Waals surface area (Å²) in [7, 11) is 0. The predicted molar refractivity (Wildman–Crippen MR) is 78.4 cm³/mol. The van der Waals surface area contributed by atoms with Gasteiger partial charge < -0.3 is 5.32 Å². The number of hydrogen-bond acceptors (Lipinski definition) is 3. The van der Waals surface area contributed by atoms with Gasteiger partial charge in [0, 0.05) is 24.1 Å². The fraction of sp³-hybridized carbons (Fsp3) is 0.286. The van der Waals surface area contributed by atoms with E-state index >= 15 is 0 Å². The van der Waals surface area contributed by atoms with Gasteiger partial charge in [-0.1, -0.05) is 12.1 Å². The van der Waals surface area contributed by atoms with Crippen LogP contribution in [0, 0.1) is 6.92 Å². The van der Waals surface area contributed by atoms with Gasteiger partial charge in [0.2, 0.25) is 5.91 Å². The number of carbonyl (C=O) groups excluding carboxylic acids is 1. The number of amides is 1. The minimum absolute atomic E-state index is 0.00894. The third-order valence-corrected chi connectivity index (χ3v) is 3.51. The van der Waals surface area contributed by atoms with Crippen molar-refractivity contribution in [3.63, 3.8) is 0 Å². The average molecular weight is 275 g/mol. The maximum absolute atomic E-state index is 11.9. The summed E-state index contributed by atoms with van der Waals surface area (Å²) in [6, 6.07) is 7.80. The van der Waals surface area contributed by atoms with E-state index in [0.29, 0.717) is 13.0 Å². The highest BCUT2D eigenvalue weighted by molar-refractivity contribution is 7.98. The van der Waals surface area contributed by atoms with E-state index in [1.807, 2.05) is 43.6 Å². The molecule has 1 heterocycles. The van der Waals surface area contributed by atoms with E-state index in [0.717, 1.165) is 16.1 Å². The zero-order valence-electron chi connectivity index (χ0n) is 11.1. The summed E-state index contributed by atoms with van der Waals surface area (Å²) in [4.78, 5) is 13.0. The van der Waals surface area contributed by atoms with Crippen LogP contribution in [-0.4, -0.2) is 21.9 Å². The molecule has 19 heavy (non-hydrogen) atoms. The van der Waals surface area contributed by atoms with Crippen LogP contribution in [0.2, 0.25) is 0 Å². The van der Waals surface area contributed by atoms with E-state index in [-0.39, 0.29) is 5.91 Å². The normalized spacial score (nSPS) is 10.4. The Balaban J connectivity index is 1.90. The lowest BCUT2D eigenvalue weighted by Gasteiger charge is -2.09. The molecule has 0 unspecified atom stereocenters. The van der Waals surface area contributed by atoms with Crippen LogP contribution in [0.4, 0.5) is 5.69 Å². The summed E-state index contributed by atoms with van der Waals surface area (Å²) in [6.07, 6.45) is 6.14. The molecule has 100 valence electrons. The zero-order valence-corrected chi connectivity index (χ0v) is 11.9. The van der Waals surface area contributed by atoms with Crippen LogP contribution < -0.4 is 5.32 Å². The smallest absolute Gasteiger partial charge is 0.226 e. The molecule has 1 amide bonds. The Morgan fingerprint density at radius 3 is 2.89 bits per heavy atom. The first-order valence-corrected chi connectivity index (χ1v) is 7.33. The number of nitrogens with one attached hydrogen (secondary N) is 1. The predicted octanol–water partition coefficient (Wildman–Crippen LogP) is 2.94. The summed E-state index contributed by atoms with van der Waals surface area (Å²) in [5.74, 6) is 0.00894. The Labute approximate surface area is 117 Å². The molecule has 4 nitrogen and oxygen atoms in total. The molecule has 1 aromatic carbocycles. The summed E-state index contributed by atoms with van der Waals surface area (Å²) in [6.45, 7) is 2.58. The molecule has 0 saturated heterocycles. The molecule has 1 N–H and O–H groups in total. The summed E-state index contributed by atoms with van der Waals surface area (Å²) >= 11 is 1.62. The van der Waals surface area contributed by atoms with Gasteiger partial charge in [0.15, 0.2) is 0 Å². The minimum Gasteiger partial charge on any atom is -0.325 e. The van der Waals surface area contributed by atoms with E-state index < -0.39 is 0 Å². The Kier molecular flexibility index (Phi) is 4.63. The molecule has 0 saturated carbocycles. The number of anilines is 1. The lowest BCUT2D eigenvalue weighted by atomic mass is 10.3. The van der Waals surface area contributed by atoms with Crippen molar-refractivity contribution in [3.8, 4) is 0 Å². The number of hydrogen-bond donors (Lipinski definition) is 1. The van der Waals surface area contributed by atoms with E-state index in [1.165, 1.54) is 0 Å². The van der Waals surface area contributed by atoms with Gasteiger partial charge in [0.1, 0.15) is 0 Å². The monoisotopic (exact) mass is 275 g/mol. The number of benzene rings is 1. The maximum atomic E-state index is 11.9. The Hall–Kier alpha value is -1.75. The highest BCUT2D eigenvalue weighted by atomic mass is 32.2. The van der Waals surface area contributed by atoms with Gasteiger partial charge in [-0.25, -0.2) is 0 Å². The molecule has 0 aliphatic carbocycles. The summed E-state index contributed by atoms with van der Waals surface area (Å²) < 4.78 is 1.79. The molecule has 0 radical (unpaired) electrons. The minimum atomic E-state index is 0.00894. The molecule has 5 heteroatoms. The number of aromatic nitrogens is 2. The first kappa shape index (κ1) is 13.7. The Morgan fingerprint density at radius 1 is 1.42 bits per heavy atom. The standard InChI is InChI=1S/C14H17N3OS/c1-11-9-15-17(10-11)8-7-14(18)16-12-5-3-4-6-13(12)19-2/h3-6,9-10H,7-8H2,1-2H3,(H,16,18). The second-order valence-corrected chi connectivity index (χ2v) is 5.13. The molecule has 0 atom stereocenters. The van der Waals surface area contributed by atoms with E-state index in [4.69, 9.17) is 0 Å². The molecule has 0 spiro atoms. The third kappa shape index (κ3) is 3.86. The summed E-state index contributed by atoms with van der Waals surface area (Å²) in [5.41, 5.74) is 1.98. The summed E-state index contributed by atoms with van der Waals surface area (Å²) in [5, 5.41) is 7.10. The highest BCUT2D eigenvalue weighted by Gasteiger charge is 2.06. The van der Waals surface area contributed by atoms with Crippen molar-refractivity contribution in [1.82, 2.24) is 9.78 Å². The molecule has 0 bridgehead atoms. The molecule has 0 aliphatic heterocycles. The van der Waals surface area contributed by atoms with Crippen LogP contribution >= 0.6 is 11.8 Å². The quantitative estimate of drug-likeness (QED) is 0.853. The van der Waals surface area contributed by atoms with Crippen molar-refractivity contribution in [1.29, 1.82) is 0 Å². The topological polar surface area (TPSA) is 46.9 Å². The second kappa shape index (κ2) is 6.43. The van der Waals surface area contributed by atoms with Crippen molar-refractivity contribution >= 4 is 23.4 Å². The SMILES string of the molecule is CSc1ccccc1NC(=O)CCn1cc(C)cn1. The molecule has 0 fully saturated rings. The molecule has 2 aromatic rings. The lowest BCUT2D eigenvalue weighted by molar-refractivity contribution is -0.116. The number of aryl methyl sites for hydroxylation is 2. The maximum Gasteiger partial charge on any atom is 0.226 e. The number of carbonyl (C=O) groups is 1. The first-order chi connectivity index (χ1) is 9.19. The largest absolute Gasteiger partial charge is 0.325 e. The van der Waals surface area contributed by atoms with Crippen LogP contribution in [0.1, 0.15) is 12.0 Å². The molecular formula is C14H17N3OS. The fourth-order valence-corrected chi connectivity index (χ4v) is 2.32. The van der Waals surface area contributed by atoms with Crippen LogP contribution in [0.3, 0.4) is 0 Å². The van der Waals surface area contributed by atoms with Crippen LogP contribution in [0.25, 0.3) is 0 Å².